The van der Waals surface area contributed by atoms with Crippen LogP contribution in [-0.4, -0.2) is 62.4 Å². The highest BCUT2D eigenvalue weighted by Gasteiger charge is 2.27. The van der Waals surface area contributed by atoms with Crippen LogP contribution in [-0.2, 0) is 20.2 Å². The van der Waals surface area contributed by atoms with Crippen molar-refractivity contribution in [3.8, 4) is 0 Å². The van der Waals surface area contributed by atoms with Crippen molar-refractivity contribution in [2.24, 2.45) is 54.4 Å². The van der Waals surface area contributed by atoms with Crippen molar-refractivity contribution < 1.29 is 25.9 Å². The Morgan fingerprint density at radius 2 is 1.02 bits per heavy atom. The Morgan fingerprint density at radius 3 is 1.32 bits per heavy atom. The highest BCUT2D eigenvalue weighted by atomic mass is 32.2. The minimum absolute atomic E-state index is 0.0556. The van der Waals surface area contributed by atoms with Crippen molar-refractivity contribution in [1.29, 1.82) is 0 Å². The normalized spacial score (nSPS) is 20.2. The number of aliphatic imine (C=N–C) groups is 4. The first-order chi connectivity index (χ1) is 18.6. The Kier molecular flexibility index (Phi) is 7.23. The Hall–Kier alpha value is -4.60. The highest BCUT2D eigenvalue weighted by molar-refractivity contribution is 7.86. The lowest BCUT2D eigenvalue weighted by molar-refractivity contribution is 0.480. The molecule has 0 spiro atoms. The lowest BCUT2D eigenvalue weighted by atomic mass is 10.1. The molecular weight excluding hydrogens is 568 g/mol. The molecule has 0 aliphatic carbocycles. The van der Waals surface area contributed by atoms with Crippen LogP contribution in [0, 0.1) is 0 Å². The van der Waals surface area contributed by atoms with E-state index in [1.54, 1.807) is 0 Å². The second kappa shape index (κ2) is 10.2. The van der Waals surface area contributed by atoms with E-state index in [-0.39, 0.29) is 46.3 Å². The molecule has 2 aromatic carbocycles. The molecule has 0 saturated heterocycles. The fourth-order valence-electron chi connectivity index (χ4n) is 3.88. The highest BCUT2D eigenvalue weighted by Crippen LogP contribution is 2.29. The van der Waals surface area contributed by atoms with Gasteiger partial charge in [0.15, 0.2) is 12.6 Å². The van der Waals surface area contributed by atoms with Crippen LogP contribution < -0.4 is 44.2 Å². The van der Waals surface area contributed by atoms with Crippen LogP contribution in [0.5, 0.6) is 0 Å². The van der Waals surface area contributed by atoms with E-state index in [1.807, 2.05) is 0 Å². The predicted molar refractivity (Wildman–Crippen MR) is 149 cm³/mol. The van der Waals surface area contributed by atoms with E-state index in [0.29, 0.717) is 0 Å². The molecule has 2 aliphatic heterocycles. The van der Waals surface area contributed by atoms with Crippen molar-refractivity contribution in [3.05, 3.63) is 47.5 Å². The molecule has 0 bridgehead atoms. The lowest BCUT2D eigenvalue weighted by Crippen LogP contribution is -2.52. The van der Waals surface area contributed by atoms with E-state index >= 15 is 0 Å². The fourth-order valence-corrected chi connectivity index (χ4v) is 5.28. The number of anilines is 2. The van der Waals surface area contributed by atoms with Crippen molar-refractivity contribution >= 4 is 67.6 Å². The molecule has 0 aromatic heterocycles. The molecule has 212 valence electrons. The minimum Gasteiger partial charge on any atom is -0.369 e. The standard InChI is InChI=1S/C20H24N12O6S2/c21-15-27-17(23)31(18(24)28-15)11-5-3-9(13(7-11)39(33,34)35)1-2-10-4-6-12(8-14(10)40(36,37)38)32-19(25)29-16(22)30-20(32)26/h1-8,17,19H,23,25H2,(H,33,34,35)(H,36,37,38)(H4,21,24,27,28)(H4,22,26,29,30). The quantitative estimate of drug-likeness (QED) is 0.130. The summed E-state index contributed by atoms with van der Waals surface area (Å²) in [6.07, 6.45) is 0.151. The van der Waals surface area contributed by atoms with E-state index in [1.165, 1.54) is 46.2 Å². The first kappa shape index (κ1) is 28.4. The number of rotatable bonds is 6. The molecule has 0 amide bonds. The maximum Gasteiger partial charge on any atom is 0.295 e. The van der Waals surface area contributed by atoms with Crippen molar-refractivity contribution in [1.82, 2.24) is 0 Å². The first-order valence-corrected chi connectivity index (χ1v) is 13.8. The van der Waals surface area contributed by atoms with Crippen LogP contribution in [0.4, 0.5) is 11.4 Å². The van der Waals surface area contributed by atoms with E-state index in [4.69, 9.17) is 34.4 Å². The van der Waals surface area contributed by atoms with E-state index < -0.39 is 42.6 Å². The summed E-state index contributed by atoms with van der Waals surface area (Å²) in [4.78, 5) is 16.5. The molecule has 2 aliphatic rings. The summed E-state index contributed by atoms with van der Waals surface area (Å²) >= 11 is 0. The van der Waals surface area contributed by atoms with Crippen LogP contribution in [0.3, 0.4) is 0 Å². The van der Waals surface area contributed by atoms with Crippen LogP contribution in [0.2, 0.25) is 0 Å². The van der Waals surface area contributed by atoms with Gasteiger partial charge in [0, 0.05) is 11.4 Å². The maximum absolute atomic E-state index is 12.2. The van der Waals surface area contributed by atoms with Gasteiger partial charge in [-0.25, -0.2) is 9.98 Å². The molecule has 20 heteroatoms. The maximum atomic E-state index is 12.2. The van der Waals surface area contributed by atoms with Gasteiger partial charge in [-0.2, -0.15) is 26.8 Å². The number of hydrogen-bond donors (Lipinski definition) is 8. The molecule has 40 heavy (non-hydrogen) atoms. The fraction of sp³-hybridized carbons (Fsp3) is 0.100. The molecular formula is C20H24N12O6S2. The molecule has 0 radical (unpaired) electrons. The van der Waals surface area contributed by atoms with Crippen LogP contribution >= 0.6 is 0 Å². The number of benzene rings is 2. The van der Waals surface area contributed by atoms with Crippen molar-refractivity contribution in [3.63, 3.8) is 0 Å². The zero-order valence-corrected chi connectivity index (χ0v) is 21.9. The molecule has 2 heterocycles. The minimum atomic E-state index is -4.82. The van der Waals surface area contributed by atoms with Gasteiger partial charge in [0.2, 0.25) is 23.8 Å². The largest absolute Gasteiger partial charge is 0.369 e. The molecule has 14 N–H and O–H groups in total. The molecule has 0 fully saturated rings. The molecule has 2 atom stereocenters. The second-order valence-electron chi connectivity index (χ2n) is 8.21. The number of guanidine groups is 4. The Bertz CT molecular complexity index is 1620. The van der Waals surface area contributed by atoms with E-state index in [9.17, 15) is 25.9 Å². The van der Waals surface area contributed by atoms with Gasteiger partial charge < -0.3 is 22.9 Å². The van der Waals surface area contributed by atoms with Crippen LogP contribution in [0.25, 0.3) is 12.2 Å². The topological polar surface area (TPSA) is 321 Å². The molecule has 2 unspecified atom stereocenters. The molecule has 2 aromatic rings. The summed E-state index contributed by atoms with van der Waals surface area (Å²) in [5.41, 5.74) is 34.7. The predicted octanol–water partition coefficient (Wildman–Crippen LogP) is -2.27. The molecule has 18 nitrogen and oxygen atoms in total. The van der Waals surface area contributed by atoms with Gasteiger partial charge in [0.05, 0.1) is 0 Å². The average Bonchev–Trinajstić information content (AvgIpc) is 2.81. The molecule has 0 saturated carbocycles. The van der Waals surface area contributed by atoms with Gasteiger partial charge in [-0.3, -0.25) is 30.4 Å². The number of nitrogens with two attached hydrogens (primary N) is 6. The van der Waals surface area contributed by atoms with Gasteiger partial charge in [0.25, 0.3) is 20.2 Å². The van der Waals surface area contributed by atoms with Crippen molar-refractivity contribution in [2.45, 2.75) is 22.4 Å². The SMILES string of the molecule is NC1=NC(N)N(c2ccc(C=Cc3ccc(N4C(N)=NC(N)=NC4N)cc3S(=O)(=O)O)c(S(=O)(=O)O)c2)C(N)=N1. The average molecular weight is 593 g/mol. The summed E-state index contributed by atoms with van der Waals surface area (Å²) in [6, 6.07) is 7.54. The summed E-state index contributed by atoms with van der Waals surface area (Å²) in [5.74, 6) is -0.693. The number of nitrogens with zero attached hydrogens (tertiary/aromatic N) is 6. The monoisotopic (exact) mass is 592 g/mol. The third-order valence-corrected chi connectivity index (χ3v) is 7.38. The van der Waals surface area contributed by atoms with Gasteiger partial charge in [-0.15, -0.1) is 0 Å². The first-order valence-electron chi connectivity index (χ1n) is 10.9. The summed E-state index contributed by atoms with van der Waals surface area (Å²) in [5, 5.41) is 0. The Balaban J connectivity index is 1.76. The zero-order valence-electron chi connectivity index (χ0n) is 20.3. The Morgan fingerprint density at radius 1 is 0.675 bits per heavy atom. The van der Waals surface area contributed by atoms with Crippen molar-refractivity contribution in [2.75, 3.05) is 9.80 Å². The third-order valence-electron chi connectivity index (χ3n) is 5.56. The zero-order chi connectivity index (χ0) is 29.6. The second-order valence-corrected chi connectivity index (χ2v) is 11.0. The van der Waals surface area contributed by atoms with Gasteiger partial charge in [-0.1, -0.05) is 24.3 Å². The summed E-state index contributed by atoms with van der Waals surface area (Å²) < 4.78 is 68.6. The smallest absolute Gasteiger partial charge is 0.295 e. The summed E-state index contributed by atoms with van der Waals surface area (Å²) in [7, 11) is -9.64. The van der Waals surface area contributed by atoms with Gasteiger partial charge in [-0.05, 0) is 35.4 Å². The Labute approximate surface area is 227 Å². The third kappa shape index (κ3) is 5.70. The van der Waals surface area contributed by atoms with Gasteiger partial charge >= 0.3 is 0 Å². The van der Waals surface area contributed by atoms with E-state index in [2.05, 4.69) is 20.0 Å². The molecule has 4 rings (SSSR count). The summed E-state index contributed by atoms with van der Waals surface area (Å²) in [6.45, 7) is 0. The number of hydrogen-bond acceptors (Lipinski definition) is 16. The lowest BCUT2D eigenvalue weighted by Gasteiger charge is -2.30. The van der Waals surface area contributed by atoms with Gasteiger partial charge in [0.1, 0.15) is 9.79 Å². The van der Waals surface area contributed by atoms with Crippen LogP contribution in [0.15, 0.2) is 66.2 Å². The van der Waals surface area contributed by atoms with Crippen LogP contribution in [0.1, 0.15) is 11.1 Å². The van der Waals surface area contributed by atoms with E-state index in [0.717, 1.165) is 12.1 Å².